The molecule has 8 heteroatoms. The first-order chi connectivity index (χ1) is 21.5. The minimum atomic E-state index is -0.0579. The third-order valence-corrected chi connectivity index (χ3v) is 8.45. The lowest BCUT2D eigenvalue weighted by Crippen LogP contribution is -2.36. The molecule has 44 heavy (non-hydrogen) atoms. The summed E-state index contributed by atoms with van der Waals surface area (Å²) in [5.41, 5.74) is 7.92. The van der Waals surface area contributed by atoms with Gasteiger partial charge in [0.2, 0.25) is 5.95 Å². The molecule has 0 radical (unpaired) electrons. The third-order valence-electron chi connectivity index (χ3n) is 8.23. The fourth-order valence-electron chi connectivity index (χ4n) is 5.94. The van der Waals surface area contributed by atoms with Crippen LogP contribution in [0, 0.1) is 0 Å². The summed E-state index contributed by atoms with van der Waals surface area (Å²) in [5.74, 6) is 0.448. The van der Waals surface area contributed by atoms with Gasteiger partial charge in [0.1, 0.15) is 0 Å². The van der Waals surface area contributed by atoms with Crippen LogP contribution in [-0.2, 0) is 22.4 Å². The molecule has 7 nitrogen and oxygen atoms in total. The van der Waals surface area contributed by atoms with E-state index in [-0.39, 0.29) is 12.2 Å². The van der Waals surface area contributed by atoms with E-state index in [0.29, 0.717) is 17.4 Å². The number of ether oxygens (including phenoxy) is 1. The summed E-state index contributed by atoms with van der Waals surface area (Å²) in [6, 6.07) is 22.8. The third kappa shape index (κ3) is 7.47. The van der Waals surface area contributed by atoms with Crippen molar-refractivity contribution >= 4 is 40.4 Å². The fourth-order valence-corrected chi connectivity index (χ4v) is 6.19. The van der Waals surface area contributed by atoms with Gasteiger partial charge in [0.05, 0.1) is 18.9 Å². The van der Waals surface area contributed by atoms with Crippen LogP contribution >= 0.6 is 11.6 Å². The number of aromatic nitrogens is 2. The molecule has 1 aromatic heterocycles. The summed E-state index contributed by atoms with van der Waals surface area (Å²) < 4.78 is 5.51. The Labute approximate surface area is 264 Å². The lowest BCUT2D eigenvalue weighted by Gasteiger charge is -2.29. The van der Waals surface area contributed by atoms with Gasteiger partial charge in [-0.25, -0.2) is 9.97 Å². The number of nitrogens with zero attached hydrogens (tertiary/aromatic N) is 4. The molecule has 0 atom stereocenters. The molecule has 2 aliphatic rings. The molecule has 0 unspecified atom stereocenters. The van der Waals surface area contributed by atoms with Crippen LogP contribution in [0.15, 0.2) is 85.6 Å². The number of ketones is 1. The second-order valence-electron chi connectivity index (χ2n) is 11.4. The largest absolute Gasteiger partial charge is 0.378 e. The van der Waals surface area contributed by atoms with E-state index in [1.807, 2.05) is 30.5 Å². The smallest absolute Gasteiger partial charge is 0.227 e. The SMILES string of the molecule is C=CC(=O)Cc1cc(Cl)cc(-c2nc(Nc3cccc(N4CCCCC4)c3)ncc2Cc2ccc(N3CCOCC3)cc2)c1. The van der Waals surface area contributed by atoms with Crippen molar-refractivity contribution in [1.29, 1.82) is 0 Å². The highest BCUT2D eigenvalue weighted by molar-refractivity contribution is 6.31. The molecule has 0 amide bonds. The average molecular weight is 608 g/mol. The first kappa shape index (κ1) is 29.9. The number of carbonyl (C=O) groups is 1. The lowest BCUT2D eigenvalue weighted by molar-refractivity contribution is -0.114. The predicted molar refractivity (Wildman–Crippen MR) is 179 cm³/mol. The predicted octanol–water partition coefficient (Wildman–Crippen LogP) is 7.26. The number of halogens is 1. The number of carbonyl (C=O) groups excluding carboxylic acids is 1. The molecule has 1 N–H and O–H groups in total. The van der Waals surface area contributed by atoms with Crippen LogP contribution in [0.1, 0.15) is 36.0 Å². The summed E-state index contributed by atoms with van der Waals surface area (Å²) in [4.78, 5) is 26.7. The minimum absolute atomic E-state index is 0.0579. The van der Waals surface area contributed by atoms with Gasteiger partial charge in [0, 0.05) is 78.4 Å². The normalized spacial score (nSPS) is 15.2. The Morgan fingerprint density at radius 1 is 0.909 bits per heavy atom. The molecule has 6 rings (SSSR count). The number of benzene rings is 3. The summed E-state index contributed by atoms with van der Waals surface area (Å²) in [7, 11) is 0. The van der Waals surface area contributed by atoms with Gasteiger partial charge in [-0.05, 0) is 85.0 Å². The molecular weight excluding hydrogens is 570 g/mol. The lowest BCUT2D eigenvalue weighted by atomic mass is 9.98. The van der Waals surface area contributed by atoms with E-state index >= 15 is 0 Å². The highest BCUT2D eigenvalue weighted by Crippen LogP contribution is 2.31. The molecule has 3 heterocycles. The van der Waals surface area contributed by atoms with Crippen molar-refractivity contribution in [1.82, 2.24) is 9.97 Å². The van der Waals surface area contributed by atoms with Crippen LogP contribution in [0.5, 0.6) is 0 Å². The van der Waals surface area contributed by atoms with Crippen molar-refractivity contribution in [3.63, 3.8) is 0 Å². The van der Waals surface area contributed by atoms with Gasteiger partial charge in [0.15, 0.2) is 5.78 Å². The van der Waals surface area contributed by atoms with E-state index in [1.165, 1.54) is 36.7 Å². The van der Waals surface area contributed by atoms with Crippen LogP contribution < -0.4 is 15.1 Å². The van der Waals surface area contributed by atoms with Crippen molar-refractivity contribution in [3.05, 3.63) is 107 Å². The number of anilines is 4. The molecule has 4 aromatic rings. The van der Waals surface area contributed by atoms with Crippen LogP contribution in [-0.4, -0.2) is 55.1 Å². The number of morpholine rings is 1. The maximum Gasteiger partial charge on any atom is 0.227 e. The zero-order valence-corrected chi connectivity index (χ0v) is 25.7. The van der Waals surface area contributed by atoms with E-state index in [0.717, 1.165) is 73.0 Å². The first-order valence-electron chi connectivity index (χ1n) is 15.4. The maximum absolute atomic E-state index is 12.2. The van der Waals surface area contributed by atoms with E-state index in [2.05, 4.69) is 64.2 Å². The number of hydrogen-bond donors (Lipinski definition) is 1. The summed E-state index contributed by atoms with van der Waals surface area (Å²) in [6.45, 7) is 9.10. The van der Waals surface area contributed by atoms with E-state index < -0.39 is 0 Å². The van der Waals surface area contributed by atoms with Crippen molar-refractivity contribution in [3.8, 4) is 11.3 Å². The van der Waals surface area contributed by atoms with E-state index in [9.17, 15) is 4.79 Å². The standard InChI is InChI=1S/C36H38ClN5O2/c1-2-34(43)22-27-20-28(23-30(37)21-27)35-29(19-26-9-11-32(12-10-26)42-15-17-44-18-16-42)25-38-36(40-35)39-31-7-6-8-33(24-31)41-13-4-3-5-14-41/h2,6-12,20-21,23-25H,1,3-5,13-19,22H2,(H,38,39,40). The van der Waals surface area contributed by atoms with Gasteiger partial charge >= 0.3 is 0 Å². The van der Waals surface area contributed by atoms with E-state index in [4.69, 9.17) is 26.3 Å². The monoisotopic (exact) mass is 607 g/mol. The average Bonchev–Trinajstić information content (AvgIpc) is 3.06. The van der Waals surface area contributed by atoms with Crippen molar-refractivity contribution in [2.24, 2.45) is 0 Å². The van der Waals surface area contributed by atoms with Gasteiger partial charge in [-0.1, -0.05) is 36.4 Å². The number of rotatable bonds is 10. The van der Waals surface area contributed by atoms with Gasteiger partial charge < -0.3 is 19.9 Å². The van der Waals surface area contributed by atoms with Gasteiger partial charge in [-0.2, -0.15) is 0 Å². The molecule has 0 saturated carbocycles. The number of nitrogens with one attached hydrogen (secondary N) is 1. The molecule has 2 aliphatic heterocycles. The van der Waals surface area contributed by atoms with E-state index in [1.54, 1.807) is 0 Å². The Balaban J connectivity index is 1.31. The van der Waals surface area contributed by atoms with Gasteiger partial charge in [-0.3, -0.25) is 4.79 Å². The number of allylic oxidation sites excluding steroid dienone is 1. The molecule has 0 aliphatic carbocycles. The van der Waals surface area contributed by atoms with Crippen molar-refractivity contribution in [2.75, 3.05) is 54.5 Å². The molecular formula is C36H38ClN5O2. The summed E-state index contributed by atoms with van der Waals surface area (Å²) in [5, 5.41) is 3.99. The van der Waals surface area contributed by atoms with Crippen molar-refractivity contribution in [2.45, 2.75) is 32.1 Å². The zero-order valence-electron chi connectivity index (χ0n) is 25.0. The number of piperidine rings is 1. The molecule has 0 bridgehead atoms. The minimum Gasteiger partial charge on any atom is -0.378 e. The Morgan fingerprint density at radius 2 is 1.68 bits per heavy atom. The Kier molecular flexibility index (Phi) is 9.54. The highest BCUT2D eigenvalue weighted by atomic mass is 35.5. The van der Waals surface area contributed by atoms with Crippen LogP contribution in [0.4, 0.5) is 23.0 Å². The van der Waals surface area contributed by atoms with Crippen LogP contribution in [0.25, 0.3) is 11.3 Å². The molecule has 0 spiro atoms. The second kappa shape index (κ2) is 14.1. The second-order valence-corrected chi connectivity index (χ2v) is 11.9. The topological polar surface area (TPSA) is 70.6 Å². The zero-order chi connectivity index (χ0) is 30.3. The molecule has 226 valence electrons. The Bertz CT molecular complexity index is 1610. The fraction of sp³-hybridized carbons (Fsp3) is 0.306. The maximum atomic E-state index is 12.2. The van der Waals surface area contributed by atoms with Gasteiger partial charge in [0.25, 0.3) is 0 Å². The summed E-state index contributed by atoms with van der Waals surface area (Å²) in [6.07, 6.45) is 7.86. The Hall–Kier alpha value is -4.20. The molecule has 2 saturated heterocycles. The first-order valence-corrected chi connectivity index (χ1v) is 15.8. The quantitative estimate of drug-likeness (QED) is 0.190. The molecule has 3 aromatic carbocycles. The van der Waals surface area contributed by atoms with Crippen molar-refractivity contribution < 1.29 is 9.53 Å². The highest BCUT2D eigenvalue weighted by Gasteiger charge is 2.16. The van der Waals surface area contributed by atoms with Gasteiger partial charge in [-0.15, -0.1) is 0 Å². The Morgan fingerprint density at radius 3 is 2.45 bits per heavy atom. The van der Waals surface area contributed by atoms with Crippen LogP contribution in [0.3, 0.4) is 0 Å². The number of hydrogen-bond acceptors (Lipinski definition) is 7. The van der Waals surface area contributed by atoms with Crippen LogP contribution in [0.2, 0.25) is 5.02 Å². The summed E-state index contributed by atoms with van der Waals surface area (Å²) >= 11 is 6.58. The molecule has 2 fully saturated rings.